The van der Waals surface area contributed by atoms with Crippen LogP contribution < -0.4 is 5.32 Å². The van der Waals surface area contributed by atoms with E-state index >= 15 is 0 Å². The molecule has 0 unspecified atom stereocenters. The first-order chi connectivity index (χ1) is 9.56. The molecule has 0 aliphatic carbocycles. The molecule has 0 aromatic carbocycles. The highest BCUT2D eigenvalue weighted by atomic mass is 16.7. The Morgan fingerprint density at radius 1 is 1.35 bits per heavy atom. The van der Waals surface area contributed by atoms with E-state index in [1.54, 1.807) is 0 Å². The number of carbonyl (C=O) groups is 1. The maximum atomic E-state index is 11.0. The van der Waals surface area contributed by atoms with E-state index in [1.807, 2.05) is 0 Å². The third kappa shape index (κ3) is 4.68. The number of carbonyl (C=O) groups excluding carboxylic acids is 1. The summed E-state index contributed by atoms with van der Waals surface area (Å²) in [4.78, 5) is 11.0. The Labute approximate surface area is 118 Å². The fraction of sp³-hybridized carbons (Fsp3) is 0.923. The summed E-state index contributed by atoms with van der Waals surface area (Å²) in [5.74, 6) is -0.0936. The van der Waals surface area contributed by atoms with Gasteiger partial charge >= 0.3 is 0 Å². The van der Waals surface area contributed by atoms with E-state index < -0.39 is 12.4 Å². The second-order valence-electron chi connectivity index (χ2n) is 5.42. The van der Waals surface area contributed by atoms with Crippen LogP contribution in [0.2, 0.25) is 0 Å². The average molecular weight is 289 g/mol. The van der Waals surface area contributed by atoms with E-state index in [0.717, 1.165) is 0 Å². The number of ether oxygens (including phenoxy) is 3. The minimum atomic E-state index is -0.541. The maximum Gasteiger partial charge on any atom is 0.217 e. The molecule has 5 atom stereocenters. The molecule has 2 fully saturated rings. The topological polar surface area (TPSA) is 97.3 Å². The first-order valence-electron chi connectivity index (χ1n) is 7.01. The van der Waals surface area contributed by atoms with Gasteiger partial charge in [-0.2, -0.15) is 0 Å². The molecule has 2 saturated heterocycles. The second kappa shape index (κ2) is 7.33. The number of hydrogen-bond acceptors (Lipinski definition) is 6. The summed E-state index contributed by atoms with van der Waals surface area (Å²) < 4.78 is 16.7. The summed E-state index contributed by atoms with van der Waals surface area (Å²) in [5, 5.41) is 21.6. The molecule has 2 aliphatic heterocycles. The lowest BCUT2D eigenvalue weighted by molar-refractivity contribution is -0.250. The van der Waals surface area contributed by atoms with E-state index in [9.17, 15) is 9.90 Å². The van der Waals surface area contributed by atoms with Crippen LogP contribution in [0.25, 0.3) is 0 Å². The Balaban J connectivity index is 1.81. The molecule has 3 N–H and O–H groups in total. The van der Waals surface area contributed by atoms with Crippen molar-refractivity contribution in [3.8, 4) is 0 Å². The van der Waals surface area contributed by atoms with Gasteiger partial charge < -0.3 is 29.7 Å². The Bertz CT molecular complexity index is 326. The quantitative estimate of drug-likeness (QED) is 0.624. The van der Waals surface area contributed by atoms with Crippen molar-refractivity contribution in [2.24, 2.45) is 0 Å². The molecule has 7 nitrogen and oxygen atoms in total. The van der Waals surface area contributed by atoms with Crippen LogP contribution in [0.15, 0.2) is 0 Å². The third-order valence-electron chi connectivity index (χ3n) is 3.47. The van der Waals surface area contributed by atoms with Gasteiger partial charge in [-0.3, -0.25) is 4.79 Å². The van der Waals surface area contributed by atoms with E-state index in [0.29, 0.717) is 32.5 Å². The van der Waals surface area contributed by atoms with Gasteiger partial charge in [0.15, 0.2) is 6.29 Å². The number of rotatable bonds is 4. The Kier molecular flexibility index (Phi) is 5.74. The lowest BCUT2D eigenvalue weighted by Gasteiger charge is -2.36. The maximum absolute atomic E-state index is 11.0. The molecular formula is C13H23NO6. The van der Waals surface area contributed by atoms with Gasteiger partial charge in [-0.05, 0) is 6.42 Å². The van der Waals surface area contributed by atoms with E-state index in [-0.39, 0.29) is 30.8 Å². The van der Waals surface area contributed by atoms with Gasteiger partial charge in [0.1, 0.15) is 0 Å². The highest BCUT2D eigenvalue weighted by Crippen LogP contribution is 2.23. The van der Waals surface area contributed by atoms with Crippen molar-refractivity contribution in [3.63, 3.8) is 0 Å². The first kappa shape index (κ1) is 15.7. The molecule has 116 valence electrons. The van der Waals surface area contributed by atoms with E-state index in [1.165, 1.54) is 6.92 Å². The molecule has 0 aromatic heterocycles. The van der Waals surface area contributed by atoms with Crippen LogP contribution in [0, 0.1) is 0 Å². The predicted octanol–water partition coefficient (Wildman–Crippen LogP) is -0.845. The van der Waals surface area contributed by atoms with Gasteiger partial charge in [0.2, 0.25) is 5.91 Å². The van der Waals surface area contributed by atoms with Crippen LogP contribution in [0.5, 0.6) is 0 Å². The highest BCUT2D eigenvalue weighted by Gasteiger charge is 2.32. The number of amides is 1. The molecule has 0 spiro atoms. The SMILES string of the molecule is CC(=O)N[C@H]1COC[C@@H](O[C@H]2C[C@@H](O)C[C@@H](CO)O2)C1. The molecule has 2 heterocycles. The van der Waals surface area contributed by atoms with Crippen molar-refractivity contribution in [1.82, 2.24) is 5.32 Å². The summed E-state index contributed by atoms with van der Waals surface area (Å²) >= 11 is 0. The van der Waals surface area contributed by atoms with Crippen molar-refractivity contribution >= 4 is 5.91 Å². The number of aliphatic hydroxyl groups is 2. The Morgan fingerprint density at radius 2 is 2.15 bits per heavy atom. The van der Waals surface area contributed by atoms with Gasteiger partial charge in [-0.15, -0.1) is 0 Å². The van der Waals surface area contributed by atoms with E-state index in [2.05, 4.69) is 5.32 Å². The van der Waals surface area contributed by atoms with Crippen LogP contribution >= 0.6 is 0 Å². The molecule has 0 bridgehead atoms. The number of hydrogen-bond donors (Lipinski definition) is 3. The van der Waals surface area contributed by atoms with Crippen molar-refractivity contribution < 1.29 is 29.2 Å². The fourth-order valence-electron chi connectivity index (χ4n) is 2.65. The molecule has 2 rings (SSSR count). The van der Waals surface area contributed by atoms with Crippen LogP contribution in [-0.4, -0.2) is 66.6 Å². The first-order valence-corrected chi connectivity index (χ1v) is 7.01. The van der Waals surface area contributed by atoms with Crippen molar-refractivity contribution in [2.45, 2.75) is 56.8 Å². The molecule has 0 saturated carbocycles. The van der Waals surface area contributed by atoms with Crippen molar-refractivity contribution in [1.29, 1.82) is 0 Å². The number of nitrogens with one attached hydrogen (secondary N) is 1. The van der Waals surface area contributed by atoms with Gasteiger partial charge in [-0.1, -0.05) is 0 Å². The predicted molar refractivity (Wildman–Crippen MR) is 68.9 cm³/mol. The minimum absolute atomic E-state index is 0.0617. The van der Waals surface area contributed by atoms with Crippen molar-refractivity contribution in [2.75, 3.05) is 19.8 Å². The second-order valence-corrected chi connectivity index (χ2v) is 5.42. The zero-order valence-electron chi connectivity index (χ0n) is 11.7. The van der Waals surface area contributed by atoms with Gasteiger partial charge in [0.05, 0.1) is 44.2 Å². The summed E-state index contributed by atoms with van der Waals surface area (Å²) in [6, 6.07) is -0.0617. The van der Waals surface area contributed by atoms with Crippen LogP contribution in [0.3, 0.4) is 0 Å². The van der Waals surface area contributed by atoms with Gasteiger partial charge in [-0.25, -0.2) is 0 Å². The lowest BCUT2D eigenvalue weighted by atomic mass is 10.0. The summed E-state index contributed by atoms with van der Waals surface area (Å²) in [5.41, 5.74) is 0. The largest absolute Gasteiger partial charge is 0.394 e. The number of aliphatic hydroxyl groups excluding tert-OH is 2. The monoisotopic (exact) mass is 289 g/mol. The van der Waals surface area contributed by atoms with Crippen LogP contribution in [0.1, 0.15) is 26.2 Å². The summed E-state index contributed by atoms with van der Waals surface area (Å²) in [7, 11) is 0. The molecule has 2 aliphatic rings. The standard InChI is InChI=1S/C13H23NO6/c1-8(16)14-9-2-12(7-18-6-9)20-13-4-10(17)3-11(5-15)19-13/h9-13,15,17H,2-7H2,1H3,(H,14,16)/t9-,10+,11+,12+,13+/m1/s1. The van der Waals surface area contributed by atoms with Crippen molar-refractivity contribution in [3.05, 3.63) is 0 Å². The van der Waals surface area contributed by atoms with Crippen LogP contribution in [0.4, 0.5) is 0 Å². The van der Waals surface area contributed by atoms with Gasteiger partial charge in [0.25, 0.3) is 0 Å². The smallest absolute Gasteiger partial charge is 0.217 e. The molecule has 20 heavy (non-hydrogen) atoms. The molecule has 7 heteroatoms. The highest BCUT2D eigenvalue weighted by molar-refractivity contribution is 5.73. The summed E-state index contributed by atoms with van der Waals surface area (Å²) in [6.45, 7) is 2.26. The minimum Gasteiger partial charge on any atom is -0.394 e. The molecule has 1 amide bonds. The normalized spacial score (nSPS) is 38.5. The summed E-state index contributed by atoms with van der Waals surface area (Å²) in [6.07, 6.45) is -0.180. The lowest BCUT2D eigenvalue weighted by Crippen LogP contribution is -2.47. The average Bonchev–Trinajstić information content (AvgIpc) is 2.37. The Morgan fingerprint density at radius 3 is 2.85 bits per heavy atom. The Hall–Kier alpha value is -0.730. The molecular weight excluding hydrogens is 266 g/mol. The zero-order chi connectivity index (χ0) is 14.5. The molecule has 0 radical (unpaired) electrons. The fourth-order valence-corrected chi connectivity index (χ4v) is 2.65. The third-order valence-corrected chi connectivity index (χ3v) is 3.47. The van der Waals surface area contributed by atoms with Gasteiger partial charge in [0, 0.05) is 19.8 Å². The van der Waals surface area contributed by atoms with E-state index in [4.69, 9.17) is 19.3 Å². The molecule has 0 aromatic rings. The zero-order valence-corrected chi connectivity index (χ0v) is 11.7. The van der Waals surface area contributed by atoms with Crippen LogP contribution in [-0.2, 0) is 19.0 Å².